The summed E-state index contributed by atoms with van der Waals surface area (Å²) >= 11 is 3.35. The molecule has 0 radical (unpaired) electrons. The quantitative estimate of drug-likeness (QED) is 0.687. The Hall–Kier alpha value is -2.60. The number of anilines is 1. The molecule has 6 heteroatoms. The SMILES string of the molecule is CC(Oc1ccc(Br)cc1)C(=O)Nc1ccc2oc(=O)ccc2c1. The van der Waals surface area contributed by atoms with Crippen LogP contribution in [0.5, 0.6) is 5.75 Å². The van der Waals surface area contributed by atoms with Crippen LogP contribution in [0.3, 0.4) is 0 Å². The van der Waals surface area contributed by atoms with Crippen molar-refractivity contribution in [1.29, 1.82) is 0 Å². The average molecular weight is 388 g/mol. The van der Waals surface area contributed by atoms with Crippen molar-refractivity contribution in [2.45, 2.75) is 13.0 Å². The fraction of sp³-hybridized carbons (Fsp3) is 0.111. The molecule has 0 aliphatic carbocycles. The van der Waals surface area contributed by atoms with Crippen LogP contribution in [0, 0.1) is 0 Å². The highest BCUT2D eigenvalue weighted by Crippen LogP contribution is 2.20. The van der Waals surface area contributed by atoms with Gasteiger partial charge in [0.05, 0.1) is 0 Å². The van der Waals surface area contributed by atoms with E-state index in [-0.39, 0.29) is 5.91 Å². The van der Waals surface area contributed by atoms with Crippen molar-refractivity contribution in [2.75, 3.05) is 5.32 Å². The van der Waals surface area contributed by atoms with Crippen LogP contribution >= 0.6 is 15.9 Å². The molecule has 1 amide bonds. The van der Waals surface area contributed by atoms with E-state index in [2.05, 4.69) is 21.2 Å². The first kappa shape index (κ1) is 16.3. The van der Waals surface area contributed by atoms with Gasteiger partial charge >= 0.3 is 5.63 Å². The zero-order chi connectivity index (χ0) is 17.1. The van der Waals surface area contributed by atoms with Gasteiger partial charge in [-0.2, -0.15) is 0 Å². The summed E-state index contributed by atoms with van der Waals surface area (Å²) in [5, 5.41) is 3.52. The van der Waals surface area contributed by atoms with Gasteiger partial charge in [-0.15, -0.1) is 0 Å². The van der Waals surface area contributed by atoms with Crippen LogP contribution in [0.25, 0.3) is 11.0 Å². The van der Waals surface area contributed by atoms with Gasteiger partial charge in [-0.1, -0.05) is 15.9 Å². The maximum absolute atomic E-state index is 12.3. The first-order valence-electron chi connectivity index (χ1n) is 7.28. The summed E-state index contributed by atoms with van der Waals surface area (Å²) in [7, 11) is 0. The van der Waals surface area contributed by atoms with Crippen molar-refractivity contribution >= 4 is 38.5 Å². The van der Waals surface area contributed by atoms with Crippen molar-refractivity contribution in [3.63, 3.8) is 0 Å². The molecule has 1 atom stereocenters. The molecule has 0 aliphatic heterocycles. The third-order valence-corrected chi connectivity index (χ3v) is 3.91. The molecule has 2 aromatic carbocycles. The van der Waals surface area contributed by atoms with E-state index in [1.165, 1.54) is 6.07 Å². The average Bonchev–Trinajstić information content (AvgIpc) is 2.57. The van der Waals surface area contributed by atoms with Crippen molar-refractivity contribution in [2.24, 2.45) is 0 Å². The Morgan fingerprint density at radius 3 is 2.62 bits per heavy atom. The normalized spacial score (nSPS) is 11.9. The minimum absolute atomic E-state index is 0.269. The first-order valence-corrected chi connectivity index (χ1v) is 8.07. The number of carbonyl (C=O) groups is 1. The lowest BCUT2D eigenvalue weighted by atomic mass is 10.2. The molecule has 1 unspecified atom stereocenters. The van der Waals surface area contributed by atoms with E-state index in [1.807, 2.05) is 12.1 Å². The fourth-order valence-electron chi connectivity index (χ4n) is 2.16. The molecule has 122 valence electrons. The van der Waals surface area contributed by atoms with E-state index in [0.29, 0.717) is 17.0 Å². The number of amides is 1. The van der Waals surface area contributed by atoms with Crippen LogP contribution in [0.4, 0.5) is 5.69 Å². The van der Waals surface area contributed by atoms with Crippen molar-refractivity contribution < 1.29 is 13.9 Å². The highest BCUT2D eigenvalue weighted by Gasteiger charge is 2.15. The molecule has 3 rings (SSSR count). The largest absolute Gasteiger partial charge is 0.481 e. The molecule has 0 fully saturated rings. The lowest BCUT2D eigenvalue weighted by Crippen LogP contribution is -2.30. The molecule has 3 aromatic rings. The molecule has 5 nitrogen and oxygen atoms in total. The Labute approximate surface area is 146 Å². The van der Waals surface area contributed by atoms with E-state index in [4.69, 9.17) is 9.15 Å². The van der Waals surface area contributed by atoms with E-state index in [0.717, 1.165) is 9.86 Å². The van der Waals surface area contributed by atoms with Gasteiger partial charge < -0.3 is 14.5 Å². The highest BCUT2D eigenvalue weighted by molar-refractivity contribution is 9.10. The van der Waals surface area contributed by atoms with Crippen LogP contribution < -0.4 is 15.7 Å². The van der Waals surface area contributed by atoms with Gasteiger partial charge in [0.25, 0.3) is 5.91 Å². The Balaban J connectivity index is 1.70. The third-order valence-electron chi connectivity index (χ3n) is 3.38. The molecule has 1 aromatic heterocycles. The summed E-state index contributed by atoms with van der Waals surface area (Å²) < 4.78 is 11.6. The van der Waals surface area contributed by atoms with Gasteiger partial charge in [-0.3, -0.25) is 4.79 Å². The monoisotopic (exact) mass is 387 g/mol. The van der Waals surface area contributed by atoms with Crippen LogP contribution in [0.15, 0.2) is 68.3 Å². The minimum Gasteiger partial charge on any atom is -0.481 e. The number of hydrogen-bond acceptors (Lipinski definition) is 4. The number of fused-ring (bicyclic) bond motifs is 1. The van der Waals surface area contributed by atoms with Crippen molar-refractivity contribution in [3.8, 4) is 5.75 Å². The number of hydrogen-bond donors (Lipinski definition) is 1. The summed E-state index contributed by atoms with van der Waals surface area (Å²) in [5.41, 5.74) is 0.670. The molecule has 0 aliphatic rings. The molecule has 24 heavy (non-hydrogen) atoms. The van der Waals surface area contributed by atoms with E-state index in [1.54, 1.807) is 43.3 Å². The van der Waals surface area contributed by atoms with Crippen LogP contribution in [-0.2, 0) is 4.79 Å². The smallest absolute Gasteiger partial charge is 0.336 e. The Morgan fingerprint density at radius 1 is 1.12 bits per heavy atom. The Bertz CT molecular complexity index is 934. The van der Waals surface area contributed by atoms with Crippen molar-refractivity contribution in [1.82, 2.24) is 0 Å². The number of halogens is 1. The predicted molar refractivity (Wildman–Crippen MR) is 95.3 cm³/mol. The van der Waals surface area contributed by atoms with E-state index in [9.17, 15) is 9.59 Å². The molecule has 0 saturated carbocycles. The third kappa shape index (κ3) is 3.83. The molecule has 1 N–H and O–H groups in total. The van der Waals surface area contributed by atoms with Gasteiger partial charge in [-0.25, -0.2) is 4.79 Å². The Kier molecular flexibility index (Phi) is 4.66. The summed E-state index contributed by atoms with van der Waals surface area (Å²) in [6, 6.07) is 15.3. The second-order valence-corrected chi connectivity index (χ2v) is 6.13. The summed E-state index contributed by atoms with van der Waals surface area (Å²) in [6.45, 7) is 1.68. The topological polar surface area (TPSA) is 68.5 Å². The number of ether oxygens (including phenoxy) is 1. The van der Waals surface area contributed by atoms with Gasteiger partial charge in [0.15, 0.2) is 6.10 Å². The standard InChI is InChI=1S/C18H14BrNO4/c1-11(23-15-6-3-13(19)4-7-15)18(22)20-14-5-8-16-12(10-14)2-9-17(21)24-16/h2-11H,1H3,(H,20,22). The number of nitrogens with one attached hydrogen (secondary N) is 1. The maximum Gasteiger partial charge on any atom is 0.336 e. The highest BCUT2D eigenvalue weighted by atomic mass is 79.9. The number of benzene rings is 2. The Morgan fingerprint density at radius 2 is 1.88 bits per heavy atom. The molecule has 0 bridgehead atoms. The lowest BCUT2D eigenvalue weighted by molar-refractivity contribution is -0.122. The summed E-state index contributed by atoms with van der Waals surface area (Å²) in [4.78, 5) is 23.4. The van der Waals surface area contributed by atoms with Crippen LogP contribution in [0.1, 0.15) is 6.92 Å². The maximum atomic E-state index is 12.3. The van der Waals surface area contributed by atoms with Gasteiger partial charge in [-0.05, 0) is 55.5 Å². The number of rotatable bonds is 4. The summed E-state index contributed by atoms with van der Waals surface area (Å²) in [6.07, 6.45) is -0.657. The second-order valence-electron chi connectivity index (χ2n) is 5.21. The lowest BCUT2D eigenvalue weighted by Gasteiger charge is -2.15. The van der Waals surface area contributed by atoms with Gasteiger partial charge in [0.1, 0.15) is 11.3 Å². The van der Waals surface area contributed by atoms with Crippen molar-refractivity contribution in [3.05, 3.63) is 69.5 Å². The molecule has 0 saturated heterocycles. The molecule has 1 heterocycles. The van der Waals surface area contributed by atoms with Gasteiger partial charge in [0, 0.05) is 21.6 Å². The molecular formula is C18H14BrNO4. The van der Waals surface area contributed by atoms with Gasteiger partial charge in [0.2, 0.25) is 0 Å². The first-order chi connectivity index (χ1) is 11.5. The zero-order valence-electron chi connectivity index (χ0n) is 12.8. The van der Waals surface area contributed by atoms with Crippen LogP contribution in [-0.4, -0.2) is 12.0 Å². The second kappa shape index (κ2) is 6.88. The van der Waals surface area contributed by atoms with Crippen LogP contribution in [0.2, 0.25) is 0 Å². The molecular weight excluding hydrogens is 374 g/mol. The summed E-state index contributed by atoms with van der Waals surface area (Å²) in [5.74, 6) is 0.343. The molecule has 0 spiro atoms. The van der Waals surface area contributed by atoms with E-state index >= 15 is 0 Å². The minimum atomic E-state index is -0.657. The zero-order valence-corrected chi connectivity index (χ0v) is 14.4. The predicted octanol–water partition coefficient (Wildman–Crippen LogP) is 3.96. The van der Waals surface area contributed by atoms with E-state index < -0.39 is 11.7 Å². The number of carbonyl (C=O) groups excluding carboxylic acids is 1. The fourth-order valence-corrected chi connectivity index (χ4v) is 2.43.